The normalized spacial score (nSPS) is 11.3. The van der Waals surface area contributed by atoms with Crippen LogP contribution in [-0.2, 0) is 4.79 Å². The summed E-state index contributed by atoms with van der Waals surface area (Å²) in [6, 6.07) is 3.89. The molecule has 1 rings (SSSR count). The number of nitro benzene ring substituents is 1. The fourth-order valence-electron chi connectivity index (χ4n) is 2.17. The topological polar surface area (TPSA) is 124 Å². The Morgan fingerprint density at radius 1 is 1.36 bits per heavy atom. The van der Waals surface area contributed by atoms with Gasteiger partial charge in [0.1, 0.15) is 12.6 Å². The predicted octanol–water partition coefficient (Wildman–Crippen LogP) is 0.659. The van der Waals surface area contributed by atoms with Crippen LogP contribution >= 0.6 is 0 Å². The highest BCUT2D eigenvalue weighted by atomic mass is 16.6. The van der Waals surface area contributed by atoms with E-state index >= 15 is 0 Å². The molecule has 0 radical (unpaired) electrons. The van der Waals surface area contributed by atoms with Gasteiger partial charge in [0.15, 0.2) is 0 Å². The van der Waals surface area contributed by atoms with E-state index < -0.39 is 22.8 Å². The van der Waals surface area contributed by atoms with E-state index in [1.54, 1.807) is 0 Å². The lowest BCUT2D eigenvalue weighted by Gasteiger charge is -2.29. The first-order valence-corrected chi connectivity index (χ1v) is 7.39. The van der Waals surface area contributed by atoms with Gasteiger partial charge < -0.3 is 10.0 Å². The zero-order valence-corrected chi connectivity index (χ0v) is 13.7. The van der Waals surface area contributed by atoms with Crippen molar-refractivity contribution < 1.29 is 24.8 Å². The lowest BCUT2D eigenvalue weighted by molar-refractivity contribution is -0.384. The van der Waals surface area contributed by atoms with E-state index in [0.29, 0.717) is 5.06 Å². The first-order valence-electron chi connectivity index (χ1n) is 7.39. The van der Waals surface area contributed by atoms with Gasteiger partial charge in [-0.15, -0.1) is 6.42 Å². The Hall–Kier alpha value is -2.96. The molecule has 0 aliphatic rings. The molecule has 0 spiro atoms. The van der Waals surface area contributed by atoms with Crippen molar-refractivity contribution >= 4 is 17.5 Å². The Labute approximate surface area is 144 Å². The molecule has 0 aliphatic heterocycles. The van der Waals surface area contributed by atoms with Gasteiger partial charge in [-0.05, 0) is 25.0 Å². The Balaban J connectivity index is 3.00. The number of amides is 2. The number of aliphatic hydroxyl groups excluding tert-OH is 1. The van der Waals surface area contributed by atoms with Crippen LogP contribution in [0.25, 0.3) is 0 Å². The van der Waals surface area contributed by atoms with E-state index in [-0.39, 0.29) is 37.2 Å². The summed E-state index contributed by atoms with van der Waals surface area (Å²) < 4.78 is 0. The summed E-state index contributed by atoms with van der Waals surface area (Å²) in [7, 11) is 1.37. The molecule has 9 heteroatoms. The number of hydroxylamine groups is 2. The summed E-state index contributed by atoms with van der Waals surface area (Å²) in [5.41, 5.74) is -0.0148. The second kappa shape index (κ2) is 9.36. The molecule has 1 aromatic carbocycles. The molecule has 1 atom stereocenters. The highest BCUT2D eigenvalue weighted by Crippen LogP contribution is 2.16. The molecule has 0 fully saturated rings. The van der Waals surface area contributed by atoms with Crippen LogP contribution in [0.4, 0.5) is 5.69 Å². The molecule has 1 aromatic rings. The summed E-state index contributed by atoms with van der Waals surface area (Å²) in [6.07, 6.45) is 5.41. The Morgan fingerprint density at radius 2 is 1.96 bits per heavy atom. The van der Waals surface area contributed by atoms with Gasteiger partial charge in [-0.25, -0.2) is 5.06 Å². The fourth-order valence-corrected chi connectivity index (χ4v) is 2.17. The molecule has 134 valence electrons. The monoisotopic (exact) mass is 349 g/mol. The van der Waals surface area contributed by atoms with Crippen LogP contribution in [0, 0.1) is 22.5 Å². The third-order valence-electron chi connectivity index (χ3n) is 3.53. The van der Waals surface area contributed by atoms with Crippen molar-refractivity contribution in [3.05, 3.63) is 39.9 Å². The quantitative estimate of drug-likeness (QED) is 0.307. The molecule has 0 aliphatic carbocycles. The molecule has 2 N–H and O–H groups in total. The second-order valence-corrected chi connectivity index (χ2v) is 5.20. The van der Waals surface area contributed by atoms with Gasteiger partial charge in [-0.2, -0.15) is 0 Å². The second-order valence-electron chi connectivity index (χ2n) is 5.20. The van der Waals surface area contributed by atoms with Crippen LogP contribution < -0.4 is 0 Å². The largest absolute Gasteiger partial charge is 0.396 e. The van der Waals surface area contributed by atoms with Gasteiger partial charge in [-0.1, -0.05) is 5.92 Å². The number of hydrogen-bond acceptors (Lipinski definition) is 6. The van der Waals surface area contributed by atoms with E-state index in [0.717, 1.165) is 4.90 Å². The predicted molar refractivity (Wildman–Crippen MR) is 87.6 cm³/mol. The number of rotatable bonds is 8. The number of carbonyl (C=O) groups excluding carboxylic acids is 2. The number of non-ortho nitro benzene ring substituents is 1. The lowest BCUT2D eigenvalue weighted by Crippen LogP contribution is -2.48. The number of hydrogen-bond donors (Lipinski definition) is 2. The van der Waals surface area contributed by atoms with Crippen molar-refractivity contribution in [2.24, 2.45) is 0 Å². The minimum atomic E-state index is -1.03. The molecule has 0 unspecified atom stereocenters. The summed E-state index contributed by atoms with van der Waals surface area (Å²) in [5, 5.41) is 29.6. The van der Waals surface area contributed by atoms with Gasteiger partial charge >= 0.3 is 0 Å². The summed E-state index contributed by atoms with van der Waals surface area (Å²) in [6.45, 7) is -0.530. The van der Waals surface area contributed by atoms with Crippen LogP contribution in [0.2, 0.25) is 0 Å². The molecule has 0 saturated heterocycles. The molecule has 0 saturated carbocycles. The smallest absolute Gasteiger partial charge is 0.269 e. The van der Waals surface area contributed by atoms with Gasteiger partial charge in [0.05, 0.1) is 4.92 Å². The third kappa shape index (κ3) is 5.27. The number of nitrogens with zero attached hydrogens (tertiary/aromatic N) is 3. The number of carbonyl (C=O) groups is 2. The van der Waals surface area contributed by atoms with Gasteiger partial charge in [0.25, 0.3) is 17.5 Å². The van der Waals surface area contributed by atoms with E-state index in [9.17, 15) is 24.9 Å². The lowest BCUT2D eigenvalue weighted by atomic mass is 10.1. The van der Waals surface area contributed by atoms with Crippen molar-refractivity contribution in [3.8, 4) is 12.3 Å². The Bertz CT molecular complexity index is 667. The highest BCUT2D eigenvalue weighted by Gasteiger charge is 2.30. The highest BCUT2D eigenvalue weighted by molar-refractivity contribution is 5.97. The van der Waals surface area contributed by atoms with E-state index in [2.05, 4.69) is 5.92 Å². The van der Waals surface area contributed by atoms with E-state index in [4.69, 9.17) is 11.5 Å². The number of likely N-dealkylation sites (N-methyl/N-ethyl adjacent to an activating group) is 1. The van der Waals surface area contributed by atoms with Crippen LogP contribution in [0.15, 0.2) is 24.3 Å². The van der Waals surface area contributed by atoms with E-state index in [1.165, 1.54) is 31.3 Å². The Morgan fingerprint density at radius 3 is 2.44 bits per heavy atom. The van der Waals surface area contributed by atoms with Crippen LogP contribution in [0.5, 0.6) is 0 Å². The van der Waals surface area contributed by atoms with Gasteiger partial charge in [-0.3, -0.25) is 24.9 Å². The number of nitro groups is 1. The molecule has 9 nitrogen and oxygen atoms in total. The molecule has 0 bridgehead atoms. The first kappa shape index (κ1) is 20.1. The minimum Gasteiger partial charge on any atom is -0.396 e. The van der Waals surface area contributed by atoms with E-state index in [1.807, 2.05) is 0 Å². The van der Waals surface area contributed by atoms with Crippen molar-refractivity contribution in [2.45, 2.75) is 18.9 Å². The standard InChI is InChI=1S/C16H19N3O6/c1-3-10-18(23)16(22)14(5-4-11-20)17(2)15(21)12-6-8-13(9-7-12)19(24)25/h1,6-9,14,20,23H,4-5,10-11H2,2H3/t14-/m0/s1. The minimum absolute atomic E-state index is 0.117. The van der Waals surface area contributed by atoms with Crippen LogP contribution in [0.1, 0.15) is 23.2 Å². The maximum atomic E-state index is 12.5. The van der Waals surface area contributed by atoms with Gasteiger partial charge in [0.2, 0.25) is 0 Å². The van der Waals surface area contributed by atoms with Crippen molar-refractivity contribution in [3.63, 3.8) is 0 Å². The average Bonchev–Trinajstić information content (AvgIpc) is 2.61. The zero-order valence-electron chi connectivity index (χ0n) is 13.7. The number of terminal acetylenes is 1. The van der Waals surface area contributed by atoms with Crippen molar-refractivity contribution in [2.75, 3.05) is 20.2 Å². The first-order chi connectivity index (χ1) is 11.8. The maximum absolute atomic E-state index is 12.5. The van der Waals surface area contributed by atoms with Crippen LogP contribution in [0.3, 0.4) is 0 Å². The summed E-state index contributed by atoms with van der Waals surface area (Å²) in [4.78, 5) is 36.0. The fraction of sp³-hybridized carbons (Fsp3) is 0.375. The van der Waals surface area contributed by atoms with Crippen molar-refractivity contribution in [1.82, 2.24) is 9.96 Å². The molecular weight excluding hydrogens is 330 g/mol. The number of benzene rings is 1. The van der Waals surface area contributed by atoms with Gasteiger partial charge in [0, 0.05) is 31.4 Å². The van der Waals surface area contributed by atoms with Crippen LogP contribution in [-0.4, -0.2) is 63.3 Å². The summed E-state index contributed by atoms with van der Waals surface area (Å²) in [5.74, 6) is 0.785. The average molecular weight is 349 g/mol. The molecule has 25 heavy (non-hydrogen) atoms. The summed E-state index contributed by atoms with van der Waals surface area (Å²) >= 11 is 0. The molecular formula is C16H19N3O6. The molecule has 0 heterocycles. The SMILES string of the molecule is C#CCN(O)C(=O)[C@H](CCCO)N(C)C(=O)c1ccc([N+](=O)[O-])cc1. The number of aliphatic hydroxyl groups is 1. The molecule has 2 amide bonds. The maximum Gasteiger partial charge on any atom is 0.269 e. The zero-order chi connectivity index (χ0) is 19.0. The molecule has 0 aromatic heterocycles. The Kier molecular flexibility index (Phi) is 7.52. The third-order valence-corrected chi connectivity index (χ3v) is 3.53. The van der Waals surface area contributed by atoms with Crippen molar-refractivity contribution in [1.29, 1.82) is 0 Å².